The quantitative estimate of drug-likeness (QED) is 0.577. The third kappa shape index (κ3) is 5.03. The Morgan fingerprint density at radius 1 is 1.16 bits per heavy atom. The van der Waals surface area contributed by atoms with Crippen LogP contribution in [0.3, 0.4) is 0 Å². The van der Waals surface area contributed by atoms with Gasteiger partial charge in [0.05, 0.1) is 5.52 Å². The van der Waals surface area contributed by atoms with Gasteiger partial charge in [-0.2, -0.15) is 0 Å². The maximum Gasteiger partial charge on any atom is 0.246 e. The van der Waals surface area contributed by atoms with E-state index in [1.54, 1.807) is 24.4 Å². The standard InChI is InChI=1S/C24H29N7O/c1-2-3-19-15-30(14-18-4-7-20-21(12-18)28-16-29-24(20)26)10-11-31(19)23(32)9-6-17-5-8-22(25)27-13-17/h4-9,12-13,16,19H,2-3,10-11,14-15H2,1H3,(H2,25,27)(H2,26,28,29)/t19-/m0/s1. The number of pyridine rings is 1. The van der Waals surface area contributed by atoms with E-state index in [0.717, 1.165) is 48.9 Å². The monoisotopic (exact) mass is 431 g/mol. The van der Waals surface area contributed by atoms with E-state index in [1.165, 1.54) is 11.9 Å². The first-order valence-electron chi connectivity index (χ1n) is 10.9. The predicted molar refractivity (Wildman–Crippen MR) is 127 cm³/mol. The summed E-state index contributed by atoms with van der Waals surface area (Å²) in [7, 11) is 0. The van der Waals surface area contributed by atoms with Gasteiger partial charge in [-0.25, -0.2) is 15.0 Å². The van der Waals surface area contributed by atoms with Gasteiger partial charge in [-0.1, -0.05) is 19.4 Å². The van der Waals surface area contributed by atoms with Crippen molar-refractivity contribution in [2.75, 3.05) is 31.1 Å². The molecule has 1 aromatic carbocycles. The number of carbonyl (C=O) groups excluding carboxylic acids is 1. The average molecular weight is 432 g/mol. The molecule has 166 valence electrons. The maximum absolute atomic E-state index is 12.9. The number of piperazine rings is 1. The molecule has 1 aliphatic rings. The molecule has 4 N–H and O–H groups in total. The molecule has 3 heterocycles. The van der Waals surface area contributed by atoms with Crippen molar-refractivity contribution in [1.82, 2.24) is 24.8 Å². The molecule has 4 rings (SSSR count). The molecule has 1 aliphatic heterocycles. The average Bonchev–Trinajstić information content (AvgIpc) is 2.79. The first-order valence-corrected chi connectivity index (χ1v) is 10.9. The van der Waals surface area contributed by atoms with E-state index in [0.29, 0.717) is 18.2 Å². The summed E-state index contributed by atoms with van der Waals surface area (Å²) in [6.07, 6.45) is 8.60. The van der Waals surface area contributed by atoms with Crippen LogP contribution in [0.4, 0.5) is 11.6 Å². The second kappa shape index (κ2) is 9.74. The van der Waals surface area contributed by atoms with Crippen LogP contribution in [-0.4, -0.2) is 56.3 Å². The summed E-state index contributed by atoms with van der Waals surface area (Å²) >= 11 is 0. The highest BCUT2D eigenvalue weighted by Gasteiger charge is 2.28. The third-order valence-electron chi connectivity index (χ3n) is 5.84. The maximum atomic E-state index is 12.9. The molecule has 8 nitrogen and oxygen atoms in total. The van der Waals surface area contributed by atoms with Crippen molar-refractivity contribution in [3.05, 3.63) is 60.1 Å². The van der Waals surface area contributed by atoms with Gasteiger partial charge >= 0.3 is 0 Å². The van der Waals surface area contributed by atoms with Crippen molar-refractivity contribution < 1.29 is 4.79 Å². The van der Waals surface area contributed by atoms with Crippen molar-refractivity contribution >= 4 is 34.5 Å². The fraction of sp³-hybridized carbons (Fsp3) is 0.333. The summed E-state index contributed by atoms with van der Waals surface area (Å²) in [6, 6.07) is 9.92. The molecule has 0 unspecified atom stereocenters. The molecule has 0 saturated carbocycles. The van der Waals surface area contributed by atoms with Gasteiger partial charge in [0.1, 0.15) is 18.0 Å². The lowest BCUT2D eigenvalue weighted by atomic mass is 10.0. The molecule has 1 amide bonds. The molecule has 1 fully saturated rings. The molecule has 1 saturated heterocycles. The topological polar surface area (TPSA) is 114 Å². The Balaban J connectivity index is 1.42. The van der Waals surface area contributed by atoms with Gasteiger partial charge < -0.3 is 16.4 Å². The van der Waals surface area contributed by atoms with Crippen molar-refractivity contribution in [3.8, 4) is 0 Å². The fourth-order valence-electron chi connectivity index (χ4n) is 4.19. The zero-order chi connectivity index (χ0) is 22.5. The number of hydrogen-bond donors (Lipinski definition) is 2. The molecule has 1 atom stereocenters. The Labute approximate surface area is 188 Å². The summed E-state index contributed by atoms with van der Waals surface area (Å²) < 4.78 is 0. The Kier molecular flexibility index (Phi) is 6.61. The Bertz CT molecular complexity index is 1110. The van der Waals surface area contributed by atoms with E-state index < -0.39 is 0 Å². The van der Waals surface area contributed by atoms with Gasteiger partial charge in [-0.3, -0.25) is 9.69 Å². The second-order valence-electron chi connectivity index (χ2n) is 8.17. The highest BCUT2D eigenvalue weighted by molar-refractivity contribution is 5.92. The van der Waals surface area contributed by atoms with Crippen LogP contribution in [-0.2, 0) is 11.3 Å². The summed E-state index contributed by atoms with van der Waals surface area (Å²) in [5.41, 5.74) is 14.5. The predicted octanol–water partition coefficient (Wildman–Crippen LogP) is 2.72. The molecule has 8 heteroatoms. The Morgan fingerprint density at radius 2 is 2.03 bits per heavy atom. The van der Waals surface area contributed by atoms with E-state index in [9.17, 15) is 4.79 Å². The van der Waals surface area contributed by atoms with Gasteiger partial charge in [-0.15, -0.1) is 0 Å². The number of nitrogens with two attached hydrogens (primary N) is 2. The van der Waals surface area contributed by atoms with Gasteiger partial charge in [0.15, 0.2) is 0 Å². The van der Waals surface area contributed by atoms with Crippen molar-refractivity contribution in [3.63, 3.8) is 0 Å². The summed E-state index contributed by atoms with van der Waals surface area (Å²) in [4.78, 5) is 29.8. The minimum atomic E-state index is 0.0396. The molecule has 0 bridgehead atoms. The molecule has 2 aromatic heterocycles. The Hall–Kier alpha value is -3.52. The van der Waals surface area contributed by atoms with Gasteiger partial charge in [-0.05, 0) is 47.9 Å². The summed E-state index contributed by atoms with van der Waals surface area (Å²) in [5.74, 6) is 1.01. The number of hydrogen-bond acceptors (Lipinski definition) is 7. The highest BCUT2D eigenvalue weighted by atomic mass is 16.2. The van der Waals surface area contributed by atoms with Crippen LogP contribution in [0.2, 0.25) is 0 Å². The smallest absolute Gasteiger partial charge is 0.246 e. The number of benzene rings is 1. The number of aromatic nitrogens is 3. The normalized spacial score (nSPS) is 17.3. The molecule has 0 radical (unpaired) electrons. The third-order valence-corrected chi connectivity index (χ3v) is 5.84. The lowest BCUT2D eigenvalue weighted by Crippen LogP contribution is -2.54. The molecule has 0 aliphatic carbocycles. The molecular weight excluding hydrogens is 402 g/mol. The molecule has 0 spiro atoms. The van der Waals surface area contributed by atoms with Gasteiger partial charge in [0.25, 0.3) is 0 Å². The van der Waals surface area contributed by atoms with Crippen molar-refractivity contribution in [2.24, 2.45) is 0 Å². The second-order valence-corrected chi connectivity index (χ2v) is 8.17. The Morgan fingerprint density at radius 3 is 2.81 bits per heavy atom. The van der Waals surface area contributed by atoms with E-state index in [-0.39, 0.29) is 11.9 Å². The van der Waals surface area contributed by atoms with Crippen molar-refractivity contribution in [1.29, 1.82) is 0 Å². The fourth-order valence-corrected chi connectivity index (χ4v) is 4.19. The van der Waals surface area contributed by atoms with E-state index in [2.05, 4.69) is 38.9 Å². The largest absolute Gasteiger partial charge is 0.384 e. The van der Waals surface area contributed by atoms with Gasteiger partial charge in [0, 0.05) is 49.9 Å². The number of fused-ring (bicyclic) bond motifs is 1. The minimum Gasteiger partial charge on any atom is -0.384 e. The number of nitrogens with zero attached hydrogens (tertiary/aromatic N) is 5. The van der Waals surface area contributed by atoms with Crippen LogP contribution in [0.15, 0.2) is 48.9 Å². The van der Waals surface area contributed by atoms with Gasteiger partial charge in [0.2, 0.25) is 5.91 Å². The first-order chi connectivity index (χ1) is 15.5. The highest BCUT2D eigenvalue weighted by Crippen LogP contribution is 2.21. The zero-order valence-electron chi connectivity index (χ0n) is 18.3. The number of amides is 1. The minimum absolute atomic E-state index is 0.0396. The van der Waals surface area contributed by atoms with Crippen LogP contribution in [0.1, 0.15) is 30.9 Å². The van der Waals surface area contributed by atoms with Crippen LogP contribution in [0.5, 0.6) is 0 Å². The van der Waals surface area contributed by atoms with Crippen molar-refractivity contribution in [2.45, 2.75) is 32.4 Å². The van der Waals surface area contributed by atoms with Crippen LogP contribution in [0, 0.1) is 0 Å². The number of nitrogen functional groups attached to an aromatic ring is 2. The van der Waals surface area contributed by atoms with E-state index in [4.69, 9.17) is 11.5 Å². The summed E-state index contributed by atoms with van der Waals surface area (Å²) in [5, 5.41) is 0.874. The molecule has 3 aromatic rings. The molecular formula is C24H29N7O. The molecule has 32 heavy (non-hydrogen) atoms. The van der Waals surface area contributed by atoms with E-state index >= 15 is 0 Å². The number of anilines is 2. The summed E-state index contributed by atoms with van der Waals surface area (Å²) in [6.45, 7) is 5.35. The SMILES string of the molecule is CCC[C@H]1CN(Cc2ccc3c(N)ncnc3c2)CCN1C(=O)C=Cc1ccc(N)nc1. The zero-order valence-corrected chi connectivity index (χ0v) is 18.3. The van der Waals surface area contributed by atoms with E-state index in [1.807, 2.05) is 17.0 Å². The lowest BCUT2D eigenvalue weighted by Gasteiger charge is -2.41. The van der Waals surface area contributed by atoms with Crippen LogP contribution in [0.25, 0.3) is 17.0 Å². The van der Waals surface area contributed by atoms with Crippen LogP contribution < -0.4 is 11.5 Å². The van der Waals surface area contributed by atoms with Crippen LogP contribution >= 0.6 is 0 Å². The first kappa shape index (κ1) is 21.7. The number of carbonyl (C=O) groups is 1. The lowest BCUT2D eigenvalue weighted by molar-refractivity contribution is -0.131. The number of rotatable bonds is 6.